The first-order valence-electron chi connectivity index (χ1n) is 6.58. The third-order valence-corrected chi connectivity index (χ3v) is 3.63. The van der Waals surface area contributed by atoms with Crippen LogP contribution in [-0.2, 0) is 0 Å². The number of nitrogens with zero attached hydrogens (tertiary/aromatic N) is 3. The van der Waals surface area contributed by atoms with Crippen molar-refractivity contribution < 1.29 is 13.2 Å². The van der Waals surface area contributed by atoms with Crippen molar-refractivity contribution in [3.63, 3.8) is 0 Å². The van der Waals surface area contributed by atoms with E-state index in [0.29, 0.717) is 26.2 Å². The molecule has 0 radical (unpaired) electrons. The number of halogens is 3. The lowest BCUT2D eigenvalue weighted by atomic mass is 10.2. The number of allylic oxidation sites excluding steroid dienone is 1. The van der Waals surface area contributed by atoms with E-state index in [1.807, 2.05) is 19.1 Å². The summed E-state index contributed by atoms with van der Waals surface area (Å²) in [6, 6.07) is 3.92. The summed E-state index contributed by atoms with van der Waals surface area (Å²) in [5, 5.41) is 0. The predicted octanol–water partition coefficient (Wildman–Crippen LogP) is 2.96. The Balaban J connectivity index is 1.91. The number of hydrogen-bond acceptors (Lipinski definition) is 3. The average Bonchev–Trinajstić information content (AvgIpc) is 2.44. The molecule has 1 fully saturated rings. The SMILES string of the molecule is Cc1ccnc(N2CCN(C(=S)C=CC(F)(F)F)CC2)c1. The van der Waals surface area contributed by atoms with E-state index in [2.05, 4.69) is 9.88 Å². The predicted molar refractivity (Wildman–Crippen MR) is 80.6 cm³/mol. The molecule has 1 aromatic rings. The van der Waals surface area contributed by atoms with Crippen LogP contribution >= 0.6 is 12.2 Å². The van der Waals surface area contributed by atoms with Gasteiger partial charge in [0.1, 0.15) is 10.8 Å². The van der Waals surface area contributed by atoms with Gasteiger partial charge in [0.05, 0.1) is 0 Å². The molecule has 0 saturated carbocycles. The number of piperazine rings is 1. The maximum Gasteiger partial charge on any atom is 0.409 e. The molecule has 0 aliphatic carbocycles. The molecule has 1 aliphatic rings. The van der Waals surface area contributed by atoms with Crippen LogP contribution in [0.5, 0.6) is 0 Å². The van der Waals surface area contributed by atoms with Gasteiger partial charge in [-0.05, 0) is 30.7 Å². The van der Waals surface area contributed by atoms with Crippen LogP contribution in [0.2, 0.25) is 0 Å². The molecule has 3 nitrogen and oxygen atoms in total. The highest BCUT2D eigenvalue weighted by atomic mass is 32.1. The van der Waals surface area contributed by atoms with E-state index in [1.54, 1.807) is 11.1 Å². The Morgan fingerprint density at radius 3 is 2.52 bits per heavy atom. The van der Waals surface area contributed by atoms with Gasteiger partial charge >= 0.3 is 6.18 Å². The number of hydrogen-bond donors (Lipinski definition) is 0. The summed E-state index contributed by atoms with van der Waals surface area (Å²) < 4.78 is 36.4. The van der Waals surface area contributed by atoms with Crippen LogP contribution in [0.1, 0.15) is 5.56 Å². The summed E-state index contributed by atoms with van der Waals surface area (Å²) in [6.07, 6.45) is -1.43. The Kier molecular flexibility index (Phi) is 4.82. The summed E-state index contributed by atoms with van der Waals surface area (Å²) in [7, 11) is 0. The number of aryl methyl sites for hydroxylation is 1. The van der Waals surface area contributed by atoms with Gasteiger partial charge in [-0.1, -0.05) is 12.2 Å². The van der Waals surface area contributed by atoms with Crippen molar-refractivity contribution in [3.8, 4) is 0 Å². The molecule has 0 atom stereocenters. The molecular formula is C14H16F3N3S. The van der Waals surface area contributed by atoms with Crippen molar-refractivity contribution in [3.05, 3.63) is 36.0 Å². The van der Waals surface area contributed by atoms with Gasteiger partial charge in [-0.3, -0.25) is 0 Å². The maximum absolute atomic E-state index is 12.1. The number of rotatable bonds is 2. The van der Waals surface area contributed by atoms with Gasteiger partial charge < -0.3 is 9.80 Å². The molecule has 0 N–H and O–H groups in total. The quantitative estimate of drug-likeness (QED) is 0.617. The van der Waals surface area contributed by atoms with Crippen LogP contribution in [0.3, 0.4) is 0 Å². The van der Waals surface area contributed by atoms with Gasteiger partial charge in [-0.25, -0.2) is 4.98 Å². The molecule has 1 saturated heterocycles. The van der Waals surface area contributed by atoms with Crippen LogP contribution in [0.25, 0.3) is 0 Å². The molecule has 0 spiro atoms. The van der Waals surface area contributed by atoms with Crippen molar-refractivity contribution in [1.29, 1.82) is 0 Å². The molecule has 7 heteroatoms. The third-order valence-electron chi connectivity index (χ3n) is 3.23. The fourth-order valence-corrected chi connectivity index (χ4v) is 2.37. The van der Waals surface area contributed by atoms with Gasteiger partial charge in [0, 0.05) is 38.5 Å². The van der Waals surface area contributed by atoms with Gasteiger partial charge in [0.25, 0.3) is 0 Å². The van der Waals surface area contributed by atoms with Gasteiger partial charge in [0.15, 0.2) is 0 Å². The van der Waals surface area contributed by atoms with Gasteiger partial charge in [-0.2, -0.15) is 13.2 Å². The molecule has 1 aromatic heterocycles. The minimum absolute atomic E-state index is 0.184. The number of alkyl halides is 3. The molecule has 114 valence electrons. The first-order chi connectivity index (χ1) is 9.85. The van der Waals surface area contributed by atoms with Gasteiger partial charge in [0.2, 0.25) is 0 Å². The van der Waals surface area contributed by atoms with Crippen molar-refractivity contribution >= 4 is 23.0 Å². The molecule has 0 aromatic carbocycles. The van der Waals surface area contributed by atoms with E-state index in [9.17, 15) is 13.2 Å². The third kappa shape index (κ3) is 4.70. The van der Waals surface area contributed by atoms with Crippen LogP contribution < -0.4 is 4.90 Å². The Morgan fingerprint density at radius 2 is 1.95 bits per heavy atom. The maximum atomic E-state index is 12.1. The van der Waals surface area contributed by atoms with E-state index in [4.69, 9.17) is 12.2 Å². The van der Waals surface area contributed by atoms with Gasteiger partial charge in [-0.15, -0.1) is 0 Å². The lowest BCUT2D eigenvalue weighted by Crippen LogP contribution is -2.48. The Bertz CT molecular complexity index is 535. The molecule has 2 rings (SSSR count). The van der Waals surface area contributed by atoms with Crippen molar-refractivity contribution in [2.75, 3.05) is 31.1 Å². The minimum Gasteiger partial charge on any atom is -0.359 e. The average molecular weight is 315 g/mol. The Labute approximate surface area is 127 Å². The molecule has 1 aliphatic heterocycles. The fraction of sp³-hybridized carbons (Fsp3) is 0.429. The molecule has 2 heterocycles. The Hall–Kier alpha value is -1.63. The topological polar surface area (TPSA) is 19.4 Å². The number of aromatic nitrogens is 1. The van der Waals surface area contributed by atoms with E-state index >= 15 is 0 Å². The highest BCUT2D eigenvalue weighted by Gasteiger charge is 2.24. The summed E-state index contributed by atoms with van der Waals surface area (Å²) in [4.78, 5) is 8.43. The minimum atomic E-state index is -4.32. The zero-order valence-electron chi connectivity index (χ0n) is 11.6. The van der Waals surface area contributed by atoms with E-state index in [-0.39, 0.29) is 11.1 Å². The lowest BCUT2D eigenvalue weighted by molar-refractivity contribution is -0.0797. The normalized spacial score (nSPS) is 16.6. The molecule has 0 amide bonds. The zero-order valence-corrected chi connectivity index (χ0v) is 12.4. The monoisotopic (exact) mass is 315 g/mol. The van der Waals surface area contributed by atoms with Crippen LogP contribution in [-0.4, -0.2) is 47.2 Å². The summed E-state index contributed by atoms with van der Waals surface area (Å²) in [6.45, 7) is 4.57. The molecular weight excluding hydrogens is 299 g/mol. The highest BCUT2D eigenvalue weighted by molar-refractivity contribution is 7.80. The number of pyridine rings is 1. The first-order valence-corrected chi connectivity index (χ1v) is 6.98. The van der Waals surface area contributed by atoms with Crippen LogP contribution in [0.4, 0.5) is 19.0 Å². The molecule has 0 bridgehead atoms. The van der Waals surface area contributed by atoms with Crippen molar-refractivity contribution in [2.24, 2.45) is 0 Å². The number of thiocarbonyl (C=S) groups is 1. The van der Waals surface area contributed by atoms with E-state index < -0.39 is 6.18 Å². The second-order valence-electron chi connectivity index (χ2n) is 4.88. The summed E-state index contributed by atoms with van der Waals surface area (Å²) in [5.41, 5.74) is 1.13. The second kappa shape index (κ2) is 6.43. The second-order valence-corrected chi connectivity index (χ2v) is 5.30. The standard InChI is InChI=1S/C14H16F3N3S/c1-11-3-5-18-12(10-11)19-6-8-20(9-7-19)13(21)2-4-14(15,16)17/h2-5,10H,6-9H2,1H3. The van der Waals surface area contributed by atoms with Crippen molar-refractivity contribution in [1.82, 2.24) is 9.88 Å². The summed E-state index contributed by atoms with van der Waals surface area (Å²) in [5.74, 6) is 0.895. The zero-order chi connectivity index (χ0) is 15.5. The smallest absolute Gasteiger partial charge is 0.359 e. The van der Waals surface area contributed by atoms with Crippen molar-refractivity contribution in [2.45, 2.75) is 13.1 Å². The van der Waals surface area contributed by atoms with Crippen LogP contribution in [0, 0.1) is 6.92 Å². The largest absolute Gasteiger partial charge is 0.409 e. The van der Waals surface area contributed by atoms with E-state index in [0.717, 1.165) is 17.5 Å². The number of anilines is 1. The molecule has 0 unspecified atom stereocenters. The molecule has 21 heavy (non-hydrogen) atoms. The fourth-order valence-electron chi connectivity index (χ4n) is 2.12. The lowest BCUT2D eigenvalue weighted by Gasteiger charge is -2.36. The summed E-state index contributed by atoms with van der Waals surface area (Å²) >= 11 is 5.02. The van der Waals surface area contributed by atoms with E-state index in [1.165, 1.54) is 0 Å². The Morgan fingerprint density at radius 1 is 1.29 bits per heavy atom. The highest BCUT2D eigenvalue weighted by Crippen LogP contribution is 2.18. The van der Waals surface area contributed by atoms with Crippen LogP contribution in [0.15, 0.2) is 30.5 Å². The first kappa shape index (κ1) is 15.8.